The molecule has 4 rings (SSSR count). The minimum absolute atomic E-state index is 0.102. The van der Waals surface area contributed by atoms with Crippen LogP contribution in [0.15, 0.2) is 36.6 Å². The zero-order valence-electron chi connectivity index (χ0n) is 18.6. The van der Waals surface area contributed by atoms with Crippen molar-refractivity contribution in [2.24, 2.45) is 12.2 Å². The van der Waals surface area contributed by atoms with Gasteiger partial charge in [0.05, 0.1) is 0 Å². The third-order valence-corrected chi connectivity index (χ3v) is 8.15. The summed E-state index contributed by atoms with van der Waals surface area (Å²) in [5.74, 6) is -2.30. The predicted octanol–water partition coefficient (Wildman–Crippen LogP) is -1.61. The number of hydrogen-bond donors (Lipinski definition) is 4. The zero-order chi connectivity index (χ0) is 26.1. The Morgan fingerprint density at radius 1 is 1.39 bits per heavy atom. The van der Waals surface area contributed by atoms with Gasteiger partial charge in [-0.1, -0.05) is 16.9 Å². The van der Waals surface area contributed by atoms with Gasteiger partial charge < -0.3 is 21.0 Å². The molecular weight excluding hydrogens is 536 g/mol. The van der Waals surface area contributed by atoms with Crippen LogP contribution in [0.5, 0.6) is 0 Å². The fraction of sp³-hybridized carbons (Fsp3) is 0.333. The normalized spacial score (nSPS) is 19.6. The highest BCUT2D eigenvalue weighted by atomic mass is 32.2. The van der Waals surface area contributed by atoms with E-state index in [1.165, 1.54) is 36.0 Å². The van der Waals surface area contributed by atoms with Crippen molar-refractivity contribution in [3.63, 3.8) is 0 Å². The highest BCUT2D eigenvalue weighted by Gasteiger charge is 2.54. The minimum atomic E-state index is -1.31. The smallest absolute Gasteiger partial charge is 0.352 e. The highest BCUT2D eigenvalue weighted by molar-refractivity contribution is 8.01. The number of nitrogens with two attached hydrogens (primary N) is 1. The number of nitrogen functional groups attached to an aromatic ring is 1. The number of rotatable bonds is 8. The molecule has 2 atom stereocenters. The van der Waals surface area contributed by atoms with Gasteiger partial charge in [-0.25, -0.2) is 9.78 Å². The van der Waals surface area contributed by atoms with E-state index in [1.807, 2.05) is 0 Å². The van der Waals surface area contributed by atoms with Gasteiger partial charge in [-0.3, -0.25) is 33.9 Å². The van der Waals surface area contributed by atoms with Gasteiger partial charge in [0.15, 0.2) is 16.0 Å². The first-order chi connectivity index (χ1) is 17.1. The van der Waals surface area contributed by atoms with E-state index in [0.717, 1.165) is 28.0 Å². The van der Waals surface area contributed by atoms with Crippen molar-refractivity contribution < 1.29 is 24.3 Å². The molecule has 1 fully saturated rings. The Balaban J connectivity index is 1.51. The van der Waals surface area contributed by atoms with E-state index in [9.17, 15) is 29.1 Å². The standard InChI is InChI=1S/C18H18N8O7S3/c1-25-18(22-12(28)13(29)23-25)36-4-6-3-34-15-9(14(30)26(15)10(6)16(31)32)21-11(27)8(24-33-2)7-5-35-17(19)20-7/h5,9,15H,3-4H2,1-2H3,(H2,19,20)(H,21,27)(H,23,29)(H,31,32)/t9?,15-/m1/s1. The summed E-state index contributed by atoms with van der Waals surface area (Å²) in [5, 5.41) is 19.6. The molecule has 2 amide bonds. The molecule has 190 valence electrons. The van der Waals surface area contributed by atoms with Crippen LogP contribution in [0, 0.1) is 0 Å². The lowest BCUT2D eigenvalue weighted by Gasteiger charge is -2.49. The molecule has 4 heterocycles. The van der Waals surface area contributed by atoms with Gasteiger partial charge in [-0.15, -0.1) is 23.1 Å². The van der Waals surface area contributed by atoms with Gasteiger partial charge in [0, 0.05) is 23.9 Å². The van der Waals surface area contributed by atoms with Gasteiger partial charge in [0.25, 0.3) is 11.8 Å². The Morgan fingerprint density at radius 3 is 2.78 bits per heavy atom. The average Bonchev–Trinajstić information content (AvgIpc) is 3.27. The van der Waals surface area contributed by atoms with Gasteiger partial charge >= 0.3 is 17.1 Å². The number of thioether (sulfide) groups is 2. The van der Waals surface area contributed by atoms with Crippen LogP contribution in [0.4, 0.5) is 5.13 Å². The molecular formula is C18H18N8O7S3. The monoisotopic (exact) mass is 554 g/mol. The minimum Gasteiger partial charge on any atom is -0.477 e. The van der Waals surface area contributed by atoms with Crippen molar-refractivity contribution in [1.29, 1.82) is 0 Å². The Hall–Kier alpha value is -3.64. The fourth-order valence-electron chi connectivity index (χ4n) is 3.44. The first kappa shape index (κ1) is 25.5. The molecule has 5 N–H and O–H groups in total. The lowest BCUT2D eigenvalue weighted by molar-refractivity contribution is -0.150. The summed E-state index contributed by atoms with van der Waals surface area (Å²) in [7, 11) is 2.74. The maximum absolute atomic E-state index is 12.9. The molecule has 1 saturated heterocycles. The second-order valence-corrected chi connectivity index (χ2v) is 10.2. The Kier molecular flexibility index (Phi) is 7.18. The zero-order valence-corrected chi connectivity index (χ0v) is 21.0. The molecule has 0 aliphatic carbocycles. The van der Waals surface area contributed by atoms with E-state index in [1.54, 1.807) is 0 Å². The number of carboxylic acids is 1. The summed E-state index contributed by atoms with van der Waals surface area (Å²) in [6.07, 6.45) is 0. The molecule has 2 aromatic rings. The van der Waals surface area contributed by atoms with E-state index in [4.69, 9.17) is 10.6 Å². The number of carbonyl (C=O) groups excluding carboxylic acids is 2. The molecule has 18 heteroatoms. The number of fused-ring (bicyclic) bond motifs is 1. The number of aryl methyl sites for hydroxylation is 1. The molecule has 0 aromatic carbocycles. The van der Waals surface area contributed by atoms with E-state index in [-0.39, 0.29) is 38.9 Å². The number of aromatic nitrogens is 4. The summed E-state index contributed by atoms with van der Waals surface area (Å²) >= 11 is 3.41. The topological polar surface area (TPSA) is 215 Å². The molecule has 1 unspecified atom stereocenters. The second-order valence-electron chi connectivity index (χ2n) is 7.30. The van der Waals surface area contributed by atoms with Gasteiger partial charge in [0.2, 0.25) is 0 Å². The molecule has 2 aliphatic rings. The van der Waals surface area contributed by atoms with Gasteiger partial charge in [-0.2, -0.15) is 4.98 Å². The number of nitrogens with one attached hydrogen (secondary N) is 2. The Bertz CT molecular complexity index is 1430. The van der Waals surface area contributed by atoms with Crippen molar-refractivity contribution in [3.05, 3.63) is 43.1 Å². The highest BCUT2D eigenvalue weighted by Crippen LogP contribution is 2.41. The number of H-pyrrole nitrogens is 1. The number of aromatic amines is 1. The number of amides is 2. The van der Waals surface area contributed by atoms with Crippen LogP contribution in [0.3, 0.4) is 0 Å². The van der Waals surface area contributed by atoms with Crippen LogP contribution < -0.4 is 22.2 Å². The molecule has 36 heavy (non-hydrogen) atoms. The van der Waals surface area contributed by atoms with E-state index in [0.29, 0.717) is 5.57 Å². The molecule has 2 aliphatic heterocycles. The predicted molar refractivity (Wildman–Crippen MR) is 131 cm³/mol. The van der Waals surface area contributed by atoms with E-state index >= 15 is 0 Å². The molecule has 15 nitrogen and oxygen atoms in total. The third-order valence-electron chi connectivity index (χ3n) is 5.02. The van der Waals surface area contributed by atoms with Gasteiger partial charge in [0.1, 0.15) is 29.9 Å². The number of aliphatic carboxylic acids is 1. The molecule has 0 spiro atoms. The maximum Gasteiger partial charge on any atom is 0.352 e. The maximum atomic E-state index is 12.9. The fourth-order valence-corrected chi connectivity index (χ4v) is 6.39. The summed E-state index contributed by atoms with van der Waals surface area (Å²) in [6.45, 7) is 0. The SMILES string of the molecule is CON=C(C(=O)NC1C(=O)N2C(C(=O)O)=C(CSc3nc(=O)c(=O)[nH]n3C)CS[C@H]12)c1csc(N)n1. The number of β-lactam (4-membered cyclic amide) rings is 1. The molecule has 2 aromatic heterocycles. The number of hydrogen-bond acceptors (Lipinski definition) is 13. The second kappa shape index (κ2) is 10.2. The van der Waals surface area contributed by atoms with Crippen LogP contribution in [0.25, 0.3) is 0 Å². The molecule has 0 bridgehead atoms. The lowest BCUT2D eigenvalue weighted by Crippen LogP contribution is -2.71. The van der Waals surface area contributed by atoms with E-state index in [2.05, 4.69) is 25.5 Å². The number of oxime groups is 1. The molecule has 0 radical (unpaired) electrons. The van der Waals surface area contributed by atoms with Gasteiger partial charge in [-0.05, 0) is 5.57 Å². The largest absolute Gasteiger partial charge is 0.477 e. The van der Waals surface area contributed by atoms with Crippen molar-refractivity contribution in [1.82, 2.24) is 30.0 Å². The summed E-state index contributed by atoms with van der Waals surface area (Å²) in [4.78, 5) is 74.3. The Labute approximate surface area is 213 Å². The number of carboxylic acid groups (broad SMARTS) is 1. The van der Waals surface area contributed by atoms with Crippen molar-refractivity contribution in [3.8, 4) is 0 Å². The van der Waals surface area contributed by atoms with Crippen LogP contribution in [0.2, 0.25) is 0 Å². The number of nitrogens with zero attached hydrogens (tertiary/aromatic N) is 5. The van der Waals surface area contributed by atoms with E-state index < -0.39 is 40.3 Å². The average molecular weight is 555 g/mol. The number of anilines is 1. The molecule has 0 saturated carbocycles. The van der Waals surface area contributed by atoms with Crippen molar-refractivity contribution >= 4 is 63.5 Å². The van der Waals surface area contributed by atoms with Crippen molar-refractivity contribution in [2.45, 2.75) is 16.6 Å². The summed E-state index contributed by atoms with van der Waals surface area (Å²) < 4.78 is 1.25. The summed E-state index contributed by atoms with van der Waals surface area (Å²) in [6, 6.07) is -0.995. The summed E-state index contributed by atoms with van der Waals surface area (Å²) in [5.41, 5.74) is 4.00. The first-order valence-electron chi connectivity index (χ1n) is 9.96. The number of thiazole rings is 1. The van der Waals surface area contributed by atoms with Crippen molar-refractivity contribution in [2.75, 3.05) is 24.3 Å². The number of carbonyl (C=O) groups is 3. The van der Waals surface area contributed by atoms with Crippen LogP contribution in [-0.4, -0.2) is 83.3 Å². The Morgan fingerprint density at radius 2 is 2.14 bits per heavy atom. The third kappa shape index (κ3) is 4.73. The van der Waals surface area contributed by atoms with Crippen LogP contribution >= 0.6 is 34.9 Å². The quantitative estimate of drug-likeness (QED) is 0.0953. The van der Waals surface area contributed by atoms with Crippen LogP contribution in [0.1, 0.15) is 5.69 Å². The lowest BCUT2D eigenvalue weighted by atomic mass is 10.0. The first-order valence-corrected chi connectivity index (χ1v) is 12.9. The van der Waals surface area contributed by atoms with Crippen LogP contribution in [-0.2, 0) is 26.3 Å².